The highest BCUT2D eigenvalue weighted by Crippen LogP contribution is 2.24. The molecule has 0 aliphatic rings. The van der Waals surface area contributed by atoms with E-state index in [0.29, 0.717) is 10.6 Å². The average Bonchev–Trinajstić information content (AvgIpc) is 2.47. The molecule has 0 saturated heterocycles. The molecule has 1 N–H and O–H groups in total. The SMILES string of the molecule is CCCNC(Cc1ccccc1)c1cc(Cl)ccc1F. The maximum Gasteiger partial charge on any atom is 0.128 e. The second-order valence-corrected chi connectivity index (χ2v) is 5.30. The van der Waals surface area contributed by atoms with Crippen molar-refractivity contribution >= 4 is 11.6 Å². The summed E-state index contributed by atoms with van der Waals surface area (Å²) >= 11 is 6.00. The molecule has 1 nitrogen and oxygen atoms in total. The first kappa shape index (κ1) is 15.0. The summed E-state index contributed by atoms with van der Waals surface area (Å²) in [6.07, 6.45) is 1.76. The van der Waals surface area contributed by atoms with E-state index < -0.39 is 0 Å². The zero-order valence-electron chi connectivity index (χ0n) is 11.6. The minimum atomic E-state index is -0.209. The molecule has 0 heterocycles. The van der Waals surface area contributed by atoms with E-state index in [4.69, 9.17) is 11.6 Å². The van der Waals surface area contributed by atoms with E-state index in [1.165, 1.54) is 11.6 Å². The van der Waals surface area contributed by atoms with Gasteiger partial charge in [0.05, 0.1) is 0 Å². The van der Waals surface area contributed by atoms with Gasteiger partial charge in [-0.05, 0) is 43.1 Å². The Hall–Kier alpha value is -1.38. The highest BCUT2D eigenvalue weighted by molar-refractivity contribution is 6.30. The Kier molecular flexibility index (Phi) is 5.57. The molecule has 2 aromatic carbocycles. The summed E-state index contributed by atoms with van der Waals surface area (Å²) in [5.41, 5.74) is 1.82. The van der Waals surface area contributed by atoms with Crippen LogP contribution in [0.2, 0.25) is 5.02 Å². The third kappa shape index (κ3) is 4.06. The molecular formula is C17H19ClFN. The van der Waals surface area contributed by atoms with E-state index in [0.717, 1.165) is 19.4 Å². The third-order valence-corrected chi connectivity index (χ3v) is 3.49. The second kappa shape index (κ2) is 7.41. The lowest BCUT2D eigenvalue weighted by molar-refractivity contribution is 0.497. The molecule has 0 radical (unpaired) electrons. The van der Waals surface area contributed by atoms with Gasteiger partial charge in [0.1, 0.15) is 5.82 Å². The van der Waals surface area contributed by atoms with Crippen molar-refractivity contribution in [3.63, 3.8) is 0 Å². The molecule has 0 amide bonds. The first-order valence-corrected chi connectivity index (χ1v) is 7.30. The summed E-state index contributed by atoms with van der Waals surface area (Å²) in [5, 5.41) is 3.97. The molecular weight excluding hydrogens is 273 g/mol. The van der Waals surface area contributed by atoms with Crippen molar-refractivity contribution in [2.45, 2.75) is 25.8 Å². The first-order valence-electron chi connectivity index (χ1n) is 6.93. The lowest BCUT2D eigenvalue weighted by Gasteiger charge is -2.20. The number of nitrogens with one attached hydrogen (secondary N) is 1. The fraction of sp³-hybridized carbons (Fsp3) is 0.294. The maximum atomic E-state index is 14.1. The summed E-state index contributed by atoms with van der Waals surface area (Å²) in [5.74, 6) is -0.209. The summed E-state index contributed by atoms with van der Waals surface area (Å²) in [6.45, 7) is 2.95. The van der Waals surface area contributed by atoms with E-state index >= 15 is 0 Å². The van der Waals surface area contributed by atoms with E-state index in [9.17, 15) is 4.39 Å². The van der Waals surface area contributed by atoms with E-state index in [1.54, 1.807) is 12.1 Å². The van der Waals surface area contributed by atoms with Gasteiger partial charge >= 0.3 is 0 Å². The molecule has 2 rings (SSSR count). The molecule has 1 unspecified atom stereocenters. The highest BCUT2D eigenvalue weighted by atomic mass is 35.5. The molecule has 0 aromatic heterocycles. The summed E-state index contributed by atoms with van der Waals surface area (Å²) < 4.78 is 14.1. The Balaban J connectivity index is 2.24. The van der Waals surface area contributed by atoms with E-state index in [2.05, 4.69) is 24.4 Å². The lowest BCUT2D eigenvalue weighted by Crippen LogP contribution is -2.25. The molecule has 0 saturated carbocycles. The Bertz CT molecular complexity index is 542. The van der Waals surface area contributed by atoms with Crippen molar-refractivity contribution in [3.05, 3.63) is 70.5 Å². The number of hydrogen-bond donors (Lipinski definition) is 1. The Labute approximate surface area is 124 Å². The zero-order valence-corrected chi connectivity index (χ0v) is 12.3. The van der Waals surface area contributed by atoms with Crippen LogP contribution in [0, 0.1) is 5.82 Å². The van der Waals surface area contributed by atoms with Gasteiger partial charge in [-0.15, -0.1) is 0 Å². The van der Waals surface area contributed by atoms with Crippen LogP contribution in [0.4, 0.5) is 4.39 Å². The van der Waals surface area contributed by atoms with Crippen LogP contribution in [0.15, 0.2) is 48.5 Å². The van der Waals surface area contributed by atoms with E-state index in [-0.39, 0.29) is 11.9 Å². The minimum absolute atomic E-state index is 0.0592. The van der Waals surface area contributed by atoms with Crippen LogP contribution in [0.1, 0.15) is 30.5 Å². The van der Waals surface area contributed by atoms with Gasteiger partial charge in [-0.1, -0.05) is 48.9 Å². The van der Waals surface area contributed by atoms with Crippen LogP contribution in [0.3, 0.4) is 0 Å². The van der Waals surface area contributed by atoms with E-state index in [1.807, 2.05) is 18.2 Å². The average molecular weight is 292 g/mol. The normalized spacial score (nSPS) is 12.3. The predicted octanol–water partition coefficient (Wildman–Crippen LogP) is 4.76. The van der Waals surface area contributed by atoms with Crippen molar-refractivity contribution < 1.29 is 4.39 Å². The molecule has 0 aliphatic carbocycles. The van der Waals surface area contributed by atoms with Crippen LogP contribution in [-0.2, 0) is 6.42 Å². The molecule has 2 aromatic rings. The lowest BCUT2D eigenvalue weighted by atomic mass is 9.98. The van der Waals surface area contributed by atoms with Crippen molar-refractivity contribution in [2.24, 2.45) is 0 Å². The molecule has 0 aliphatic heterocycles. The van der Waals surface area contributed by atoms with Gasteiger partial charge in [0.15, 0.2) is 0 Å². The number of rotatable bonds is 6. The highest BCUT2D eigenvalue weighted by Gasteiger charge is 2.16. The van der Waals surface area contributed by atoms with Gasteiger partial charge < -0.3 is 5.32 Å². The van der Waals surface area contributed by atoms with Crippen LogP contribution in [-0.4, -0.2) is 6.54 Å². The molecule has 20 heavy (non-hydrogen) atoms. The third-order valence-electron chi connectivity index (χ3n) is 3.26. The maximum absolute atomic E-state index is 14.1. The Morgan fingerprint density at radius 3 is 2.60 bits per heavy atom. The largest absolute Gasteiger partial charge is 0.310 e. The molecule has 1 atom stereocenters. The minimum Gasteiger partial charge on any atom is -0.310 e. The Morgan fingerprint density at radius 1 is 1.15 bits per heavy atom. The fourth-order valence-corrected chi connectivity index (χ4v) is 2.42. The second-order valence-electron chi connectivity index (χ2n) is 4.86. The fourth-order valence-electron chi connectivity index (χ4n) is 2.24. The van der Waals surface area contributed by atoms with Crippen LogP contribution in [0.25, 0.3) is 0 Å². The molecule has 106 valence electrons. The predicted molar refractivity (Wildman–Crippen MR) is 82.6 cm³/mol. The van der Waals surface area contributed by atoms with Gasteiger partial charge in [-0.3, -0.25) is 0 Å². The quantitative estimate of drug-likeness (QED) is 0.809. The number of hydrogen-bond acceptors (Lipinski definition) is 1. The Morgan fingerprint density at radius 2 is 1.90 bits per heavy atom. The molecule has 3 heteroatoms. The van der Waals surface area contributed by atoms with Gasteiger partial charge in [-0.25, -0.2) is 4.39 Å². The number of halogens is 2. The number of benzene rings is 2. The molecule has 0 fully saturated rings. The molecule has 0 bridgehead atoms. The summed E-state index contributed by atoms with van der Waals surface area (Å²) in [7, 11) is 0. The van der Waals surface area contributed by atoms with Crippen molar-refractivity contribution in [1.29, 1.82) is 0 Å². The van der Waals surface area contributed by atoms with Crippen molar-refractivity contribution in [3.8, 4) is 0 Å². The topological polar surface area (TPSA) is 12.0 Å². The standard InChI is InChI=1S/C17H19ClFN/c1-2-10-20-17(11-13-6-4-3-5-7-13)15-12-14(18)8-9-16(15)19/h3-9,12,17,20H,2,10-11H2,1H3. The summed E-state index contributed by atoms with van der Waals surface area (Å²) in [4.78, 5) is 0. The van der Waals surface area contributed by atoms with Crippen LogP contribution < -0.4 is 5.32 Å². The first-order chi connectivity index (χ1) is 9.70. The van der Waals surface area contributed by atoms with Gasteiger partial charge in [-0.2, -0.15) is 0 Å². The van der Waals surface area contributed by atoms with Crippen LogP contribution >= 0.6 is 11.6 Å². The van der Waals surface area contributed by atoms with Crippen molar-refractivity contribution in [2.75, 3.05) is 6.54 Å². The summed E-state index contributed by atoms with van der Waals surface area (Å²) in [6, 6.07) is 14.8. The monoisotopic (exact) mass is 291 g/mol. The smallest absolute Gasteiger partial charge is 0.128 e. The van der Waals surface area contributed by atoms with Gasteiger partial charge in [0.25, 0.3) is 0 Å². The van der Waals surface area contributed by atoms with Crippen LogP contribution in [0.5, 0.6) is 0 Å². The molecule has 0 spiro atoms. The van der Waals surface area contributed by atoms with Gasteiger partial charge in [0, 0.05) is 16.6 Å². The van der Waals surface area contributed by atoms with Crippen molar-refractivity contribution in [1.82, 2.24) is 5.32 Å². The zero-order chi connectivity index (χ0) is 14.4. The van der Waals surface area contributed by atoms with Gasteiger partial charge in [0.2, 0.25) is 0 Å².